The van der Waals surface area contributed by atoms with E-state index in [2.05, 4.69) is 23.8 Å². The van der Waals surface area contributed by atoms with Gasteiger partial charge in [0.15, 0.2) is 0 Å². The third kappa shape index (κ3) is 7.59. The van der Waals surface area contributed by atoms with Crippen LogP contribution in [-0.2, 0) is 25.3 Å². The molecule has 2 fully saturated rings. The van der Waals surface area contributed by atoms with Gasteiger partial charge in [0, 0.05) is 5.41 Å². The molecule has 1 saturated carbocycles. The fourth-order valence-electron chi connectivity index (χ4n) is 5.40. The number of fused-ring (bicyclic) bond motifs is 1. The summed E-state index contributed by atoms with van der Waals surface area (Å²) < 4.78 is 17.3. The van der Waals surface area contributed by atoms with Gasteiger partial charge in [-0.2, -0.15) is 0 Å². The maximum absolute atomic E-state index is 13.0. The van der Waals surface area contributed by atoms with E-state index in [4.69, 9.17) is 14.2 Å². The number of allylic oxidation sites excluding steroid dienone is 2. The zero-order valence-corrected chi connectivity index (χ0v) is 25.3. The largest absolute Gasteiger partial charge is 0.449 e. The number of nitrogens with one attached hydrogen (secondary N) is 2. The van der Waals surface area contributed by atoms with E-state index in [1.165, 1.54) is 0 Å². The zero-order chi connectivity index (χ0) is 30.0. The lowest BCUT2D eigenvalue weighted by atomic mass is 9.75. The Morgan fingerprint density at radius 1 is 0.854 bits per heavy atom. The second kappa shape index (κ2) is 11.7. The number of carbonyl (C=O) groups is 2. The van der Waals surface area contributed by atoms with E-state index >= 15 is 0 Å². The molecule has 0 aromatic heterocycles. The standard InChI is InChI=1S/C34H44N2O5/c1-22(2)24-11-9-13-26(17-24)32(5,6)35-30(37)39-20-34(16-15-28-29(19-34)41-28)21-40-31(38)36-33(7,8)27-14-10-12-25(18-27)23(3)4/h9-14,17-18,28-29H,1,3,15-16,19-21H2,2,4-8H3,(H,35,37)(H,36,38). The first-order valence-electron chi connectivity index (χ1n) is 14.3. The van der Waals surface area contributed by atoms with E-state index in [-0.39, 0.29) is 25.4 Å². The highest BCUT2D eigenvalue weighted by atomic mass is 16.6. The van der Waals surface area contributed by atoms with Crippen molar-refractivity contribution in [2.45, 2.75) is 84.1 Å². The Labute approximate surface area is 244 Å². The second-order valence-corrected chi connectivity index (χ2v) is 12.8. The van der Waals surface area contributed by atoms with Crippen LogP contribution in [0.15, 0.2) is 61.7 Å². The number of rotatable bonds is 10. The molecule has 7 heteroatoms. The lowest BCUT2D eigenvalue weighted by Crippen LogP contribution is -2.46. The summed E-state index contributed by atoms with van der Waals surface area (Å²) in [5.41, 5.74) is 4.03. The molecule has 4 rings (SSSR count). The molecular formula is C34H44N2O5. The molecule has 2 N–H and O–H groups in total. The van der Waals surface area contributed by atoms with Crippen LogP contribution in [0.2, 0.25) is 0 Å². The van der Waals surface area contributed by atoms with Crippen LogP contribution in [0.4, 0.5) is 9.59 Å². The van der Waals surface area contributed by atoms with Gasteiger partial charge in [0.2, 0.25) is 0 Å². The summed E-state index contributed by atoms with van der Waals surface area (Å²) in [6.45, 7) is 19.9. The highest BCUT2D eigenvalue weighted by Crippen LogP contribution is 2.47. The Hall–Kier alpha value is -3.58. The van der Waals surface area contributed by atoms with Crippen LogP contribution in [-0.4, -0.2) is 37.6 Å². The summed E-state index contributed by atoms with van der Waals surface area (Å²) in [7, 11) is 0. The molecule has 2 aliphatic rings. The molecule has 1 aliphatic carbocycles. The maximum Gasteiger partial charge on any atom is 0.407 e. The molecule has 0 radical (unpaired) electrons. The highest BCUT2D eigenvalue weighted by Gasteiger charge is 2.52. The van der Waals surface area contributed by atoms with Gasteiger partial charge in [-0.15, -0.1) is 0 Å². The molecule has 0 spiro atoms. The van der Waals surface area contributed by atoms with Gasteiger partial charge in [-0.3, -0.25) is 0 Å². The van der Waals surface area contributed by atoms with Crippen molar-refractivity contribution in [3.63, 3.8) is 0 Å². The molecule has 2 amide bonds. The van der Waals surface area contributed by atoms with Crippen LogP contribution >= 0.6 is 0 Å². The van der Waals surface area contributed by atoms with Crippen LogP contribution in [0.3, 0.4) is 0 Å². The van der Waals surface area contributed by atoms with Gasteiger partial charge in [-0.05, 0) is 95.2 Å². The minimum Gasteiger partial charge on any atom is -0.449 e. The molecule has 0 bridgehead atoms. The fourth-order valence-corrected chi connectivity index (χ4v) is 5.40. The molecule has 41 heavy (non-hydrogen) atoms. The number of hydrogen-bond acceptors (Lipinski definition) is 5. The van der Waals surface area contributed by atoms with Crippen molar-refractivity contribution < 1.29 is 23.8 Å². The molecule has 2 atom stereocenters. The van der Waals surface area contributed by atoms with Gasteiger partial charge in [0.25, 0.3) is 0 Å². The van der Waals surface area contributed by atoms with Crippen molar-refractivity contribution in [3.05, 3.63) is 83.9 Å². The predicted octanol–water partition coefficient (Wildman–Crippen LogP) is 7.31. The van der Waals surface area contributed by atoms with Gasteiger partial charge in [-0.1, -0.05) is 60.7 Å². The quantitative estimate of drug-likeness (QED) is 0.297. The van der Waals surface area contributed by atoms with E-state index in [0.29, 0.717) is 6.42 Å². The van der Waals surface area contributed by atoms with Crippen molar-refractivity contribution in [2.75, 3.05) is 13.2 Å². The molecule has 2 unspecified atom stereocenters. The molecule has 1 saturated heterocycles. The van der Waals surface area contributed by atoms with E-state index in [1.54, 1.807) is 0 Å². The molecule has 220 valence electrons. The Kier molecular flexibility index (Phi) is 8.69. The molecule has 1 aliphatic heterocycles. The molecule has 1 heterocycles. The Morgan fingerprint density at radius 2 is 1.32 bits per heavy atom. The molecule has 2 aromatic rings. The Bertz CT molecular complexity index is 1240. The van der Waals surface area contributed by atoms with Crippen LogP contribution in [0.25, 0.3) is 11.1 Å². The van der Waals surface area contributed by atoms with E-state index in [1.807, 2.05) is 90.1 Å². The minimum atomic E-state index is -0.656. The van der Waals surface area contributed by atoms with Gasteiger partial charge in [0.05, 0.1) is 23.3 Å². The summed E-state index contributed by atoms with van der Waals surface area (Å²) >= 11 is 0. The second-order valence-electron chi connectivity index (χ2n) is 12.8. The number of benzene rings is 2. The van der Waals surface area contributed by atoms with Crippen LogP contribution in [0, 0.1) is 5.41 Å². The smallest absolute Gasteiger partial charge is 0.407 e. The topological polar surface area (TPSA) is 89.2 Å². The Balaban J connectivity index is 1.37. The predicted molar refractivity (Wildman–Crippen MR) is 162 cm³/mol. The lowest BCUT2D eigenvalue weighted by Gasteiger charge is -2.35. The van der Waals surface area contributed by atoms with Crippen LogP contribution < -0.4 is 10.6 Å². The first kappa shape index (κ1) is 30.4. The van der Waals surface area contributed by atoms with E-state index in [9.17, 15) is 9.59 Å². The third-order valence-corrected chi connectivity index (χ3v) is 8.28. The number of alkyl carbamates (subject to hydrolysis) is 2. The number of amides is 2. The molecule has 2 aromatic carbocycles. The van der Waals surface area contributed by atoms with Crippen LogP contribution in [0.5, 0.6) is 0 Å². The lowest BCUT2D eigenvalue weighted by molar-refractivity contribution is 0.00409. The summed E-state index contributed by atoms with van der Waals surface area (Å²) in [6.07, 6.45) is 1.59. The normalized spacial score (nSPS) is 19.4. The Morgan fingerprint density at radius 3 is 1.73 bits per heavy atom. The first-order chi connectivity index (χ1) is 19.2. The third-order valence-electron chi connectivity index (χ3n) is 8.28. The minimum absolute atomic E-state index is 0.115. The van der Waals surface area contributed by atoms with Gasteiger partial charge in [0.1, 0.15) is 13.2 Å². The molecule has 7 nitrogen and oxygen atoms in total. The number of ether oxygens (including phenoxy) is 3. The fraction of sp³-hybridized carbons (Fsp3) is 0.471. The van der Waals surface area contributed by atoms with Crippen molar-refractivity contribution in [1.82, 2.24) is 10.6 Å². The summed E-state index contributed by atoms with van der Waals surface area (Å²) in [5.74, 6) is 0. The summed E-state index contributed by atoms with van der Waals surface area (Å²) in [6, 6.07) is 15.9. The monoisotopic (exact) mass is 560 g/mol. The number of hydrogen-bond donors (Lipinski definition) is 2. The first-order valence-corrected chi connectivity index (χ1v) is 14.3. The van der Waals surface area contributed by atoms with Crippen molar-refractivity contribution >= 4 is 23.3 Å². The molecular weight excluding hydrogens is 516 g/mol. The number of epoxide rings is 1. The SMILES string of the molecule is C=C(C)c1cccc(C(C)(C)NC(=O)OCC2(COC(=O)NC(C)(C)c3cccc(C(=C)C)c3)CCC3OC3C2)c1. The average Bonchev–Trinajstić information content (AvgIpc) is 3.69. The van der Waals surface area contributed by atoms with Crippen molar-refractivity contribution in [2.24, 2.45) is 5.41 Å². The zero-order valence-electron chi connectivity index (χ0n) is 25.3. The highest BCUT2D eigenvalue weighted by molar-refractivity contribution is 5.70. The van der Waals surface area contributed by atoms with Crippen molar-refractivity contribution in [3.8, 4) is 0 Å². The van der Waals surface area contributed by atoms with Gasteiger partial charge in [-0.25, -0.2) is 9.59 Å². The van der Waals surface area contributed by atoms with E-state index in [0.717, 1.165) is 46.2 Å². The van der Waals surface area contributed by atoms with Crippen LogP contribution in [0.1, 0.15) is 83.1 Å². The van der Waals surface area contributed by atoms with Crippen molar-refractivity contribution in [1.29, 1.82) is 0 Å². The summed E-state index contributed by atoms with van der Waals surface area (Å²) in [4.78, 5) is 26.0. The maximum atomic E-state index is 13.0. The number of carbonyl (C=O) groups excluding carboxylic acids is 2. The van der Waals surface area contributed by atoms with Gasteiger partial charge >= 0.3 is 12.2 Å². The van der Waals surface area contributed by atoms with E-state index < -0.39 is 28.7 Å². The van der Waals surface area contributed by atoms with Gasteiger partial charge < -0.3 is 24.8 Å². The average molecular weight is 561 g/mol. The summed E-state index contributed by atoms with van der Waals surface area (Å²) in [5, 5.41) is 5.99.